The van der Waals surface area contributed by atoms with Crippen LogP contribution in [0.3, 0.4) is 0 Å². The minimum atomic E-state index is -1.73. The number of fused-ring (bicyclic) bond motifs is 1. The molecule has 0 saturated heterocycles. The Bertz CT molecular complexity index is 1260. The lowest BCUT2D eigenvalue weighted by Crippen LogP contribution is -2.48. The number of nitriles is 3. The summed E-state index contributed by atoms with van der Waals surface area (Å²) in [5.74, 6) is 0.138. The van der Waals surface area contributed by atoms with Gasteiger partial charge in [0.1, 0.15) is 17.6 Å². The van der Waals surface area contributed by atoms with Crippen molar-refractivity contribution in [3.63, 3.8) is 0 Å². The first-order chi connectivity index (χ1) is 16.5. The highest BCUT2D eigenvalue weighted by Crippen LogP contribution is 2.56. The van der Waals surface area contributed by atoms with E-state index in [1.165, 1.54) is 0 Å². The predicted molar refractivity (Wildman–Crippen MR) is 126 cm³/mol. The van der Waals surface area contributed by atoms with Crippen LogP contribution in [0.15, 0.2) is 71.5 Å². The summed E-state index contributed by atoms with van der Waals surface area (Å²) in [5, 5.41) is 30.6. The second-order valence-electron chi connectivity index (χ2n) is 8.46. The summed E-state index contributed by atoms with van der Waals surface area (Å²) >= 11 is 0. The number of nitrogens with zero attached hydrogens (tertiary/aromatic N) is 4. The van der Waals surface area contributed by atoms with Crippen molar-refractivity contribution >= 4 is 0 Å². The zero-order valence-corrected chi connectivity index (χ0v) is 19.2. The number of allylic oxidation sites excluding steroid dienone is 2. The largest absolute Gasteiger partial charge is 0.497 e. The SMILES string of the molecule is COc1ccc(OC)c([C@@H]2[C@H]3CN(Cc4ccccc4)CC=C3C(C#N)=C(N)C2(C#N)C#N)c1. The normalized spacial score (nSPS) is 21.3. The molecule has 0 radical (unpaired) electrons. The molecule has 7 nitrogen and oxygen atoms in total. The van der Waals surface area contributed by atoms with Crippen molar-refractivity contribution in [3.05, 3.63) is 82.6 Å². The second kappa shape index (κ2) is 9.32. The summed E-state index contributed by atoms with van der Waals surface area (Å²) in [7, 11) is 3.11. The number of rotatable bonds is 5. The minimum absolute atomic E-state index is 0.00566. The Morgan fingerprint density at radius 2 is 1.79 bits per heavy atom. The Morgan fingerprint density at radius 1 is 1.06 bits per heavy atom. The molecule has 1 heterocycles. The third-order valence-corrected chi connectivity index (χ3v) is 6.76. The second-order valence-corrected chi connectivity index (χ2v) is 8.46. The lowest BCUT2D eigenvalue weighted by molar-refractivity contribution is 0.199. The third kappa shape index (κ3) is 3.65. The fourth-order valence-electron chi connectivity index (χ4n) is 5.14. The van der Waals surface area contributed by atoms with E-state index in [2.05, 4.69) is 35.2 Å². The van der Waals surface area contributed by atoms with Crippen LogP contribution in [0, 0.1) is 45.3 Å². The van der Waals surface area contributed by atoms with Gasteiger partial charge in [0.2, 0.25) is 0 Å². The predicted octanol–water partition coefficient (Wildman–Crippen LogP) is 3.63. The van der Waals surface area contributed by atoms with Crippen LogP contribution in [0.2, 0.25) is 0 Å². The van der Waals surface area contributed by atoms with Gasteiger partial charge in [0, 0.05) is 37.0 Å². The van der Waals surface area contributed by atoms with Crippen LogP contribution < -0.4 is 15.2 Å². The molecule has 4 rings (SSSR count). The zero-order valence-electron chi connectivity index (χ0n) is 19.2. The molecule has 0 bridgehead atoms. The number of methoxy groups -OCH3 is 2. The number of hydrogen-bond donors (Lipinski definition) is 1. The first kappa shape index (κ1) is 22.9. The molecule has 2 N–H and O–H groups in total. The number of benzene rings is 2. The van der Waals surface area contributed by atoms with Gasteiger partial charge in [-0.1, -0.05) is 36.4 Å². The summed E-state index contributed by atoms with van der Waals surface area (Å²) in [6, 6.07) is 22.0. The van der Waals surface area contributed by atoms with E-state index in [1.807, 2.05) is 24.3 Å². The Kier molecular flexibility index (Phi) is 6.28. The molecule has 0 saturated carbocycles. The van der Waals surface area contributed by atoms with E-state index in [-0.39, 0.29) is 17.2 Å². The summed E-state index contributed by atoms with van der Waals surface area (Å²) in [6.45, 7) is 1.89. The van der Waals surface area contributed by atoms with Crippen LogP contribution in [-0.4, -0.2) is 32.2 Å². The lowest BCUT2D eigenvalue weighted by atomic mass is 9.58. The van der Waals surface area contributed by atoms with Crippen molar-refractivity contribution in [1.82, 2.24) is 4.90 Å². The smallest absolute Gasteiger partial charge is 0.191 e. The van der Waals surface area contributed by atoms with Crippen LogP contribution in [0.25, 0.3) is 0 Å². The van der Waals surface area contributed by atoms with Gasteiger partial charge in [0.05, 0.1) is 37.6 Å². The molecule has 2 aromatic carbocycles. The highest BCUT2D eigenvalue weighted by molar-refractivity contribution is 5.61. The van der Waals surface area contributed by atoms with E-state index in [0.29, 0.717) is 36.7 Å². The van der Waals surface area contributed by atoms with E-state index >= 15 is 0 Å². The van der Waals surface area contributed by atoms with Gasteiger partial charge in [0.25, 0.3) is 0 Å². The monoisotopic (exact) mass is 451 g/mol. The van der Waals surface area contributed by atoms with Crippen LogP contribution in [0.5, 0.6) is 11.5 Å². The van der Waals surface area contributed by atoms with Crippen LogP contribution in [-0.2, 0) is 6.54 Å². The number of nitrogens with two attached hydrogens (primary N) is 1. The van der Waals surface area contributed by atoms with Gasteiger partial charge in [-0.05, 0) is 29.3 Å². The van der Waals surface area contributed by atoms with Gasteiger partial charge in [-0.2, -0.15) is 15.8 Å². The fraction of sp³-hybridized carbons (Fsp3) is 0.296. The average molecular weight is 452 g/mol. The van der Waals surface area contributed by atoms with Gasteiger partial charge in [-0.3, -0.25) is 4.90 Å². The highest BCUT2D eigenvalue weighted by atomic mass is 16.5. The van der Waals surface area contributed by atoms with Crippen molar-refractivity contribution in [2.45, 2.75) is 12.5 Å². The molecule has 0 spiro atoms. The van der Waals surface area contributed by atoms with Crippen molar-refractivity contribution < 1.29 is 9.47 Å². The molecule has 7 heteroatoms. The van der Waals surface area contributed by atoms with Crippen molar-refractivity contribution in [2.24, 2.45) is 17.1 Å². The Balaban J connectivity index is 1.91. The van der Waals surface area contributed by atoms with E-state index in [9.17, 15) is 15.8 Å². The fourth-order valence-corrected chi connectivity index (χ4v) is 5.14. The van der Waals surface area contributed by atoms with Crippen molar-refractivity contribution in [3.8, 4) is 29.7 Å². The topological polar surface area (TPSA) is 119 Å². The molecule has 2 aliphatic rings. The van der Waals surface area contributed by atoms with E-state index < -0.39 is 11.3 Å². The van der Waals surface area contributed by atoms with Gasteiger partial charge in [0.15, 0.2) is 5.41 Å². The summed E-state index contributed by atoms with van der Waals surface area (Å²) in [6.07, 6.45) is 2.00. The molecule has 2 aromatic rings. The van der Waals surface area contributed by atoms with Gasteiger partial charge >= 0.3 is 0 Å². The Morgan fingerprint density at radius 3 is 2.41 bits per heavy atom. The molecular weight excluding hydrogens is 426 g/mol. The summed E-state index contributed by atoms with van der Waals surface area (Å²) < 4.78 is 11.1. The zero-order chi connectivity index (χ0) is 24.3. The third-order valence-electron chi connectivity index (χ3n) is 6.76. The first-order valence-electron chi connectivity index (χ1n) is 10.9. The Labute approximate surface area is 199 Å². The molecular formula is C27H25N5O2. The maximum atomic E-state index is 10.3. The molecule has 1 aliphatic heterocycles. The molecule has 0 amide bonds. The minimum Gasteiger partial charge on any atom is -0.497 e. The summed E-state index contributed by atoms with van der Waals surface area (Å²) in [5.41, 5.74) is 7.51. The highest BCUT2D eigenvalue weighted by Gasteiger charge is 2.55. The molecule has 0 aromatic heterocycles. The van der Waals surface area contributed by atoms with Gasteiger partial charge < -0.3 is 15.2 Å². The van der Waals surface area contributed by atoms with Crippen LogP contribution in [0.4, 0.5) is 0 Å². The summed E-state index contributed by atoms with van der Waals surface area (Å²) in [4.78, 5) is 2.25. The standard InChI is InChI=1S/C27H25N5O2/c1-33-19-8-9-24(34-2)21(12-19)25-23-15-32(14-18-6-4-3-5-7-18)11-10-20(23)22(13-28)26(31)27(25,16-29)17-30/h3-10,12,23,25H,11,14-15,31H2,1-2H3/t23-,25+/m0/s1. The van der Waals surface area contributed by atoms with E-state index in [0.717, 1.165) is 11.1 Å². The van der Waals surface area contributed by atoms with Gasteiger partial charge in [-0.15, -0.1) is 0 Å². The molecule has 1 aliphatic carbocycles. The Hall–Kier alpha value is -4.25. The maximum absolute atomic E-state index is 10.3. The average Bonchev–Trinajstić information content (AvgIpc) is 2.88. The molecule has 2 atom stereocenters. The van der Waals surface area contributed by atoms with Crippen LogP contribution >= 0.6 is 0 Å². The molecule has 0 fully saturated rings. The number of hydrogen-bond acceptors (Lipinski definition) is 7. The molecule has 34 heavy (non-hydrogen) atoms. The van der Waals surface area contributed by atoms with E-state index in [1.54, 1.807) is 32.4 Å². The van der Waals surface area contributed by atoms with Crippen molar-refractivity contribution in [1.29, 1.82) is 15.8 Å². The van der Waals surface area contributed by atoms with Crippen LogP contribution in [0.1, 0.15) is 17.0 Å². The molecule has 170 valence electrons. The maximum Gasteiger partial charge on any atom is 0.191 e. The number of ether oxygens (including phenoxy) is 2. The quantitative estimate of drug-likeness (QED) is 0.737. The molecule has 0 unspecified atom stereocenters. The van der Waals surface area contributed by atoms with Crippen molar-refractivity contribution in [2.75, 3.05) is 27.3 Å². The van der Waals surface area contributed by atoms with E-state index in [4.69, 9.17) is 15.2 Å². The van der Waals surface area contributed by atoms with Gasteiger partial charge in [-0.25, -0.2) is 0 Å². The lowest BCUT2D eigenvalue weighted by Gasteiger charge is -2.45. The first-order valence-corrected chi connectivity index (χ1v) is 10.9.